The van der Waals surface area contributed by atoms with E-state index in [0.29, 0.717) is 0 Å². The summed E-state index contributed by atoms with van der Waals surface area (Å²) in [6.07, 6.45) is 2.46. The van der Waals surface area contributed by atoms with Crippen LogP contribution in [0.2, 0.25) is 0 Å². The van der Waals surface area contributed by atoms with E-state index in [0.717, 1.165) is 6.43 Å². The van der Waals surface area contributed by atoms with Crippen LogP contribution in [0.3, 0.4) is 0 Å². The third-order valence-corrected chi connectivity index (χ3v) is 0.642. The van der Waals surface area contributed by atoms with Gasteiger partial charge >= 0.3 is 37.9 Å². The molecule has 1 nitrogen and oxygen atoms in total. The van der Waals surface area contributed by atoms with Crippen molar-refractivity contribution in [1.82, 2.24) is 0 Å². The SMILES string of the molecule is CS(=S)B=O. The molecule has 0 aromatic rings. The first-order valence-electron chi connectivity index (χ1n) is 1.05. The fourth-order valence-corrected chi connectivity index (χ4v) is 0. The van der Waals surface area contributed by atoms with Gasteiger partial charge in [0.05, 0.1) is 0 Å². The second kappa shape index (κ2) is 2.66. The Morgan fingerprint density at radius 1 is 2.00 bits per heavy atom. The molecule has 0 aliphatic rings. The van der Waals surface area contributed by atoms with Gasteiger partial charge in [-0.2, -0.15) is 0 Å². The maximum absolute atomic E-state index is 9.41. The summed E-state index contributed by atoms with van der Waals surface area (Å²) in [6, 6.07) is 0. The van der Waals surface area contributed by atoms with Crippen molar-refractivity contribution in [3.05, 3.63) is 0 Å². The molecule has 0 radical (unpaired) electrons. The molecule has 5 heavy (non-hydrogen) atoms. The van der Waals surface area contributed by atoms with E-state index < -0.39 is 9.31 Å². The van der Waals surface area contributed by atoms with Crippen molar-refractivity contribution in [2.45, 2.75) is 0 Å². The van der Waals surface area contributed by atoms with Crippen molar-refractivity contribution < 1.29 is 4.70 Å². The normalized spacial score (nSPS) is 13.0. The first kappa shape index (κ1) is 5.43. The monoisotopic (exact) mass is 106 g/mol. The number of hydrogen-bond donors (Lipinski definition) is 0. The third kappa shape index (κ3) is 4.43. The molecule has 4 heteroatoms. The first-order valence-corrected chi connectivity index (χ1v) is 3.67. The molecule has 1 unspecified atom stereocenters. The second-order valence-corrected chi connectivity index (χ2v) is 3.36. The van der Waals surface area contributed by atoms with Crippen molar-refractivity contribution in [1.29, 1.82) is 0 Å². The van der Waals surface area contributed by atoms with E-state index in [-0.39, 0.29) is 0 Å². The molecular weight excluding hydrogens is 103 g/mol. The summed E-state index contributed by atoms with van der Waals surface area (Å²) in [5, 5.41) is 0. The third-order valence-electron chi connectivity index (χ3n) is 0.136. The molecular formula is CH3BOS2. The van der Waals surface area contributed by atoms with Gasteiger partial charge in [0.2, 0.25) is 0 Å². The van der Waals surface area contributed by atoms with E-state index in [9.17, 15) is 4.70 Å². The summed E-state index contributed by atoms with van der Waals surface area (Å²) in [5.74, 6) is 0. The average molecular weight is 106 g/mol. The summed E-state index contributed by atoms with van der Waals surface area (Å²) in [6.45, 7) is 0. The molecule has 0 aliphatic heterocycles. The van der Waals surface area contributed by atoms with Crippen molar-refractivity contribution >= 4 is 26.9 Å². The molecule has 0 saturated carbocycles. The first-order chi connectivity index (χ1) is 2.27. The molecule has 28 valence electrons. The van der Waals surface area contributed by atoms with Crippen molar-refractivity contribution in [3.8, 4) is 0 Å². The predicted octanol–water partition coefficient (Wildman–Crippen LogP) is -0.339. The summed E-state index contributed by atoms with van der Waals surface area (Å²) in [5.41, 5.74) is 0. The van der Waals surface area contributed by atoms with E-state index in [2.05, 4.69) is 11.2 Å². The Morgan fingerprint density at radius 2 is 2.20 bits per heavy atom. The topological polar surface area (TPSA) is 17.1 Å². The van der Waals surface area contributed by atoms with Crippen LogP contribution in [0.4, 0.5) is 0 Å². The van der Waals surface area contributed by atoms with E-state index >= 15 is 0 Å². The Bertz CT molecular complexity index is 60.7. The average Bonchev–Trinajstić information content (AvgIpc) is 1.38. The minimum atomic E-state index is -0.420. The minimum absolute atomic E-state index is 0.420. The van der Waals surface area contributed by atoms with Crippen LogP contribution in [0.15, 0.2) is 0 Å². The van der Waals surface area contributed by atoms with Gasteiger partial charge in [-0.05, 0) is 0 Å². The van der Waals surface area contributed by atoms with Crippen molar-refractivity contribution in [2.24, 2.45) is 0 Å². The molecule has 0 fully saturated rings. The molecule has 0 spiro atoms. The summed E-state index contributed by atoms with van der Waals surface area (Å²) < 4.78 is 9.41. The summed E-state index contributed by atoms with van der Waals surface area (Å²) in [7, 11) is -0.420. The Kier molecular flexibility index (Phi) is 2.89. The Hall–Kier alpha value is 0.435. The van der Waals surface area contributed by atoms with Gasteiger partial charge in [-0.15, -0.1) is 0 Å². The van der Waals surface area contributed by atoms with Gasteiger partial charge < -0.3 is 0 Å². The van der Waals surface area contributed by atoms with Crippen LogP contribution in [0.25, 0.3) is 0 Å². The number of hydrogen-bond acceptors (Lipinski definition) is 2. The summed E-state index contributed by atoms with van der Waals surface area (Å²) in [4.78, 5) is 0. The van der Waals surface area contributed by atoms with Gasteiger partial charge in [0, 0.05) is 0 Å². The Morgan fingerprint density at radius 3 is 2.20 bits per heavy atom. The van der Waals surface area contributed by atoms with Gasteiger partial charge in [0.1, 0.15) is 0 Å². The fourth-order valence-electron chi connectivity index (χ4n) is 0. The zero-order valence-corrected chi connectivity index (χ0v) is 4.44. The van der Waals surface area contributed by atoms with E-state index in [4.69, 9.17) is 0 Å². The van der Waals surface area contributed by atoms with Crippen LogP contribution in [-0.2, 0) is 25.2 Å². The zero-order chi connectivity index (χ0) is 4.28. The van der Waals surface area contributed by atoms with E-state index in [1.807, 2.05) is 0 Å². The maximum atomic E-state index is 9.41. The van der Waals surface area contributed by atoms with E-state index in [1.54, 1.807) is 6.26 Å². The van der Waals surface area contributed by atoms with Gasteiger partial charge in [-0.3, -0.25) is 0 Å². The van der Waals surface area contributed by atoms with Gasteiger partial charge in [0.25, 0.3) is 0 Å². The molecule has 0 aromatic carbocycles. The number of rotatable bonds is 1. The van der Waals surface area contributed by atoms with Crippen LogP contribution in [-0.4, -0.2) is 12.7 Å². The molecule has 0 N–H and O–H groups in total. The fraction of sp³-hybridized carbons (Fsp3) is 1.00. The van der Waals surface area contributed by atoms with E-state index in [1.165, 1.54) is 0 Å². The second-order valence-electron chi connectivity index (χ2n) is 0.595. The molecule has 0 saturated heterocycles. The predicted molar refractivity (Wildman–Crippen MR) is 27.1 cm³/mol. The van der Waals surface area contributed by atoms with Crippen molar-refractivity contribution in [2.75, 3.05) is 6.26 Å². The molecule has 0 heterocycles. The molecule has 0 bridgehead atoms. The van der Waals surface area contributed by atoms with Gasteiger partial charge in [0.15, 0.2) is 0 Å². The Balaban J connectivity index is 3.20. The molecule has 0 aromatic heterocycles. The zero-order valence-electron chi connectivity index (χ0n) is 2.80. The van der Waals surface area contributed by atoms with Crippen LogP contribution < -0.4 is 0 Å². The van der Waals surface area contributed by atoms with Crippen LogP contribution in [0, 0.1) is 0 Å². The molecule has 1 atom stereocenters. The van der Waals surface area contributed by atoms with Gasteiger partial charge in [-0.25, -0.2) is 0 Å². The molecule has 0 amide bonds. The standard InChI is InChI=1S/CH3BOS2/c1-5(4)2-3/h1H3. The van der Waals surface area contributed by atoms with Crippen molar-refractivity contribution in [3.63, 3.8) is 0 Å². The van der Waals surface area contributed by atoms with Crippen LogP contribution in [0.1, 0.15) is 0 Å². The molecule has 0 aliphatic carbocycles. The molecule has 0 rings (SSSR count). The Labute approximate surface area is 38.5 Å². The summed E-state index contributed by atoms with van der Waals surface area (Å²) >= 11 is 4.44. The van der Waals surface area contributed by atoms with Crippen LogP contribution >= 0.6 is 0 Å². The van der Waals surface area contributed by atoms with Crippen LogP contribution in [0.5, 0.6) is 0 Å². The quantitative estimate of drug-likeness (QED) is 0.425. The van der Waals surface area contributed by atoms with Gasteiger partial charge in [-0.1, -0.05) is 0 Å².